The molecule has 0 bridgehead atoms. The summed E-state index contributed by atoms with van der Waals surface area (Å²) < 4.78 is 10.5. The maximum Gasteiger partial charge on any atom is 0.120 e. The van der Waals surface area contributed by atoms with Crippen molar-refractivity contribution >= 4 is 11.6 Å². The molecule has 0 amide bonds. The lowest BCUT2D eigenvalue weighted by Gasteiger charge is -2.14. The first-order valence-corrected chi connectivity index (χ1v) is 5.22. The molecule has 2 N–H and O–H groups in total. The van der Waals surface area contributed by atoms with E-state index in [4.69, 9.17) is 26.8 Å². The number of hydrogen-bond donors (Lipinski definition) is 1. The van der Waals surface area contributed by atoms with Crippen molar-refractivity contribution in [1.29, 1.82) is 0 Å². The lowest BCUT2D eigenvalue weighted by Crippen LogP contribution is -2.11. The molecule has 15 heavy (non-hydrogen) atoms. The van der Waals surface area contributed by atoms with Crippen molar-refractivity contribution in [3.8, 4) is 5.75 Å². The summed E-state index contributed by atoms with van der Waals surface area (Å²) in [5, 5.41) is 0.652. The van der Waals surface area contributed by atoms with Crippen molar-refractivity contribution in [3.05, 3.63) is 28.8 Å². The van der Waals surface area contributed by atoms with E-state index < -0.39 is 0 Å². The topological polar surface area (TPSA) is 44.5 Å². The van der Waals surface area contributed by atoms with Crippen LogP contribution in [0.2, 0.25) is 5.02 Å². The van der Waals surface area contributed by atoms with Crippen LogP contribution in [0.3, 0.4) is 0 Å². The van der Waals surface area contributed by atoms with E-state index in [2.05, 4.69) is 0 Å². The Kier molecular flexibility index (Phi) is 4.88. The first-order valence-electron chi connectivity index (χ1n) is 4.84. The van der Waals surface area contributed by atoms with Crippen molar-refractivity contribution in [2.75, 3.05) is 20.3 Å². The molecule has 4 heteroatoms. The van der Waals surface area contributed by atoms with E-state index in [-0.39, 0.29) is 6.10 Å². The molecule has 0 aliphatic rings. The van der Waals surface area contributed by atoms with Crippen LogP contribution in [0.1, 0.15) is 18.6 Å². The van der Waals surface area contributed by atoms with Crippen LogP contribution in [0.4, 0.5) is 0 Å². The van der Waals surface area contributed by atoms with Gasteiger partial charge in [-0.3, -0.25) is 0 Å². The third-order valence-corrected chi connectivity index (χ3v) is 2.46. The molecule has 1 rings (SSSR count). The Morgan fingerprint density at radius 1 is 1.47 bits per heavy atom. The monoisotopic (exact) mass is 229 g/mol. The van der Waals surface area contributed by atoms with Crippen LogP contribution in [0.15, 0.2) is 18.2 Å². The van der Waals surface area contributed by atoms with Gasteiger partial charge in [0, 0.05) is 6.54 Å². The first-order chi connectivity index (χ1) is 7.19. The summed E-state index contributed by atoms with van der Waals surface area (Å²) in [5.41, 5.74) is 6.31. The molecule has 1 unspecified atom stereocenters. The number of ether oxygens (including phenoxy) is 2. The Morgan fingerprint density at radius 3 is 2.73 bits per heavy atom. The van der Waals surface area contributed by atoms with Gasteiger partial charge in [0.25, 0.3) is 0 Å². The van der Waals surface area contributed by atoms with E-state index in [0.29, 0.717) is 18.2 Å². The lowest BCUT2D eigenvalue weighted by atomic mass is 10.1. The van der Waals surface area contributed by atoms with Gasteiger partial charge in [0.2, 0.25) is 0 Å². The fraction of sp³-hybridized carbons (Fsp3) is 0.455. The quantitative estimate of drug-likeness (QED) is 0.843. The smallest absolute Gasteiger partial charge is 0.120 e. The van der Waals surface area contributed by atoms with Gasteiger partial charge >= 0.3 is 0 Å². The molecular weight excluding hydrogens is 214 g/mol. The van der Waals surface area contributed by atoms with E-state index in [0.717, 1.165) is 11.3 Å². The molecule has 0 heterocycles. The Balaban J connectivity index is 2.76. The predicted molar refractivity (Wildman–Crippen MR) is 61.4 cm³/mol. The van der Waals surface area contributed by atoms with Crippen molar-refractivity contribution in [2.24, 2.45) is 5.73 Å². The zero-order valence-electron chi connectivity index (χ0n) is 9.00. The van der Waals surface area contributed by atoms with Crippen LogP contribution in [0, 0.1) is 0 Å². The Morgan fingerprint density at radius 2 is 2.20 bits per heavy atom. The molecular formula is C11H16ClNO2. The first kappa shape index (κ1) is 12.3. The minimum absolute atomic E-state index is 0.0491. The summed E-state index contributed by atoms with van der Waals surface area (Å²) in [5.74, 6) is 0.745. The maximum atomic E-state index is 6.09. The zero-order valence-corrected chi connectivity index (χ0v) is 9.75. The fourth-order valence-electron chi connectivity index (χ4n) is 1.30. The second-order valence-corrected chi connectivity index (χ2v) is 3.60. The number of rotatable bonds is 5. The van der Waals surface area contributed by atoms with Crippen molar-refractivity contribution in [1.82, 2.24) is 0 Å². The average molecular weight is 230 g/mol. The third kappa shape index (κ3) is 3.38. The Hall–Kier alpha value is -0.770. The van der Waals surface area contributed by atoms with Gasteiger partial charge in [0.05, 0.1) is 24.8 Å². The van der Waals surface area contributed by atoms with E-state index >= 15 is 0 Å². The van der Waals surface area contributed by atoms with Crippen LogP contribution in [-0.4, -0.2) is 20.3 Å². The highest BCUT2D eigenvalue weighted by Crippen LogP contribution is 2.28. The van der Waals surface area contributed by atoms with Gasteiger partial charge in [-0.25, -0.2) is 0 Å². The van der Waals surface area contributed by atoms with Crippen LogP contribution < -0.4 is 10.5 Å². The van der Waals surface area contributed by atoms with E-state index in [9.17, 15) is 0 Å². The van der Waals surface area contributed by atoms with Gasteiger partial charge in [0.1, 0.15) is 5.75 Å². The molecule has 0 aliphatic heterocycles. The van der Waals surface area contributed by atoms with Gasteiger partial charge in [-0.1, -0.05) is 17.7 Å². The van der Waals surface area contributed by atoms with Crippen LogP contribution >= 0.6 is 11.6 Å². The minimum atomic E-state index is -0.0491. The molecule has 0 spiro atoms. The van der Waals surface area contributed by atoms with Crippen LogP contribution in [-0.2, 0) is 4.74 Å². The second kappa shape index (κ2) is 5.95. The standard InChI is InChI=1S/C11H16ClNO2/c1-8(15-6-5-13)10-4-3-9(14-2)7-11(10)12/h3-4,7-8H,5-6,13H2,1-2H3. The third-order valence-electron chi connectivity index (χ3n) is 2.13. The van der Waals surface area contributed by atoms with Crippen LogP contribution in [0.25, 0.3) is 0 Å². The SMILES string of the molecule is COc1ccc(C(C)OCCN)c(Cl)c1. The number of methoxy groups -OCH3 is 1. The summed E-state index contributed by atoms with van der Waals surface area (Å²) in [6.45, 7) is 2.99. The molecule has 0 fully saturated rings. The van der Waals surface area contributed by atoms with E-state index in [1.807, 2.05) is 19.1 Å². The van der Waals surface area contributed by atoms with E-state index in [1.165, 1.54) is 0 Å². The lowest BCUT2D eigenvalue weighted by molar-refractivity contribution is 0.0718. The molecule has 1 atom stereocenters. The van der Waals surface area contributed by atoms with Gasteiger partial charge in [0.15, 0.2) is 0 Å². The fourth-order valence-corrected chi connectivity index (χ4v) is 1.62. The molecule has 1 aromatic carbocycles. The molecule has 3 nitrogen and oxygen atoms in total. The van der Waals surface area contributed by atoms with Gasteiger partial charge in [-0.2, -0.15) is 0 Å². The molecule has 0 saturated heterocycles. The Bertz CT molecular complexity index is 317. The van der Waals surface area contributed by atoms with Crippen molar-refractivity contribution in [3.63, 3.8) is 0 Å². The average Bonchev–Trinajstić information content (AvgIpc) is 2.25. The zero-order chi connectivity index (χ0) is 11.3. The highest BCUT2D eigenvalue weighted by molar-refractivity contribution is 6.31. The van der Waals surface area contributed by atoms with Crippen molar-refractivity contribution in [2.45, 2.75) is 13.0 Å². The molecule has 1 aromatic rings. The van der Waals surface area contributed by atoms with Crippen LogP contribution in [0.5, 0.6) is 5.75 Å². The Labute approximate surface area is 95.1 Å². The summed E-state index contributed by atoms with van der Waals surface area (Å²) in [6.07, 6.45) is -0.0491. The summed E-state index contributed by atoms with van der Waals surface area (Å²) in [6, 6.07) is 5.55. The minimum Gasteiger partial charge on any atom is -0.497 e. The number of halogens is 1. The molecule has 0 saturated carbocycles. The van der Waals surface area contributed by atoms with Gasteiger partial charge < -0.3 is 15.2 Å². The second-order valence-electron chi connectivity index (χ2n) is 3.19. The highest BCUT2D eigenvalue weighted by Gasteiger charge is 2.10. The molecule has 0 aromatic heterocycles. The molecule has 0 aliphatic carbocycles. The summed E-state index contributed by atoms with van der Waals surface area (Å²) in [7, 11) is 1.61. The maximum absolute atomic E-state index is 6.09. The van der Waals surface area contributed by atoms with Gasteiger partial charge in [-0.05, 0) is 24.6 Å². The highest BCUT2D eigenvalue weighted by atomic mass is 35.5. The number of hydrogen-bond acceptors (Lipinski definition) is 3. The molecule has 0 radical (unpaired) electrons. The largest absolute Gasteiger partial charge is 0.497 e. The number of nitrogens with two attached hydrogens (primary N) is 1. The normalized spacial score (nSPS) is 12.5. The van der Waals surface area contributed by atoms with Gasteiger partial charge in [-0.15, -0.1) is 0 Å². The summed E-state index contributed by atoms with van der Waals surface area (Å²) >= 11 is 6.09. The molecule has 84 valence electrons. The van der Waals surface area contributed by atoms with Crippen molar-refractivity contribution < 1.29 is 9.47 Å². The van der Waals surface area contributed by atoms with E-state index in [1.54, 1.807) is 13.2 Å². The summed E-state index contributed by atoms with van der Waals surface area (Å²) in [4.78, 5) is 0. The predicted octanol–water partition coefficient (Wildman–Crippen LogP) is 2.38. The number of benzene rings is 1.